The molecule has 0 spiro atoms. The van der Waals surface area contributed by atoms with Gasteiger partial charge in [-0.2, -0.15) is 5.26 Å². The lowest BCUT2D eigenvalue weighted by Gasteiger charge is -2.46. The highest BCUT2D eigenvalue weighted by Gasteiger charge is 2.47. The van der Waals surface area contributed by atoms with Gasteiger partial charge in [-0.1, -0.05) is 6.92 Å². The molecule has 178 valence electrons. The highest BCUT2D eigenvalue weighted by molar-refractivity contribution is 5.98. The van der Waals surface area contributed by atoms with Crippen LogP contribution in [0.25, 0.3) is 0 Å². The summed E-state index contributed by atoms with van der Waals surface area (Å²) in [4.78, 5) is 27.5. The number of benzene rings is 2. The smallest absolute Gasteiger partial charge is 0.251 e. The summed E-state index contributed by atoms with van der Waals surface area (Å²) in [6.45, 7) is 2.97. The molecule has 4 rings (SSSR count). The van der Waals surface area contributed by atoms with E-state index in [-0.39, 0.29) is 37.1 Å². The molecule has 1 aliphatic heterocycles. The number of hydrogen-bond acceptors (Lipinski definition) is 6. The number of nitriles is 1. The molecule has 2 amide bonds. The summed E-state index contributed by atoms with van der Waals surface area (Å²) in [5, 5.41) is 34.0. The third-order valence-corrected chi connectivity index (χ3v) is 6.80. The van der Waals surface area contributed by atoms with E-state index in [0.717, 1.165) is 29.8 Å². The molecule has 2 aromatic rings. The number of aliphatic hydroxyl groups is 2. The van der Waals surface area contributed by atoms with E-state index in [1.807, 2.05) is 23.1 Å². The van der Waals surface area contributed by atoms with Crippen molar-refractivity contribution in [3.8, 4) is 6.07 Å². The van der Waals surface area contributed by atoms with Gasteiger partial charge in [0.1, 0.15) is 0 Å². The van der Waals surface area contributed by atoms with Gasteiger partial charge < -0.3 is 25.7 Å². The predicted molar refractivity (Wildman–Crippen MR) is 128 cm³/mol. The molecule has 2 aromatic carbocycles. The Labute approximate surface area is 199 Å². The fraction of sp³-hybridized carbons (Fsp3) is 0.423. The van der Waals surface area contributed by atoms with Gasteiger partial charge in [-0.15, -0.1) is 0 Å². The number of carbonyl (C=O) groups is 2. The average molecular weight is 463 g/mol. The topological polar surface area (TPSA) is 126 Å². The molecule has 8 nitrogen and oxygen atoms in total. The lowest BCUT2D eigenvalue weighted by atomic mass is 9.79. The van der Waals surface area contributed by atoms with Crippen molar-refractivity contribution < 1.29 is 19.8 Å². The number of anilines is 2. The Hall–Kier alpha value is -3.41. The maximum Gasteiger partial charge on any atom is 0.251 e. The van der Waals surface area contributed by atoms with Crippen LogP contribution in [0.3, 0.4) is 0 Å². The van der Waals surface area contributed by atoms with Crippen LogP contribution in [0.2, 0.25) is 0 Å². The van der Waals surface area contributed by atoms with E-state index < -0.39 is 11.9 Å². The second-order valence-corrected chi connectivity index (χ2v) is 9.20. The Bertz CT molecular complexity index is 1100. The Balaban J connectivity index is 1.75. The van der Waals surface area contributed by atoms with Crippen molar-refractivity contribution in [2.75, 3.05) is 23.4 Å². The highest BCUT2D eigenvalue weighted by Crippen LogP contribution is 2.50. The Kier molecular flexibility index (Phi) is 6.87. The predicted octanol–water partition coefficient (Wildman–Crippen LogP) is 2.58. The van der Waals surface area contributed by atoms with Crippen LogP contribution in [0, 0.1) is 23.2 Å². The lowest BCUT2D eigenvalue weighted by molar-refractivity contribution is -0.117. The van der Waals surface area contributed by atoms with E-state index in [1.54, 1.807) is 31.2 Å². The van der Waals surface area contributed by atoms with Gasteiger partial charge in [0.15, 0.2) is 0 Å². The van der Waals surface area contributed by atoms with Crippen molar-refractivity contribution >= 4 is 23.2 Å². The fourth-order valence-electron chi connectivity index (χ4n) is 4.95. The molecular weight excluding hydrogens is 432 g/mol. The van der Waals surface area contributed by atoms with Crippen molar-refractivity contribution in [2.24, 2.45) is 11.8 Å². The summed E-state index contributed by atoms with van der Waals surface area (Å²) in [7, 11) is 0. The van der Waals surface area contributed by atoms with Crippen molar-refractivity contribution in [1.82, 2.24) is 5.32 Å². The van der Waals surface area contributed by atoms with E-state index in [4.69, 9.17) is 5.26 Å². The molecule has 2 aliphatic rings. The van der Waals surface area contributed by atoms with Gasteiger partial charge in [0.05, 0.1) is 36.9 Å². The second-order valence-electron chi connectivity index (χ2n) is 9.20. The van der Waals surface area contributed by atoms with Gasteiger partial charge in [0.2, 0.25) is 5.91 Å². The minimum absolute atomic E-state index is 0.0281. The molecule has 1 heterocycles. The number of amides is 2. The van der Waals surface area contributed by atoms with E-state index in [9.17, 15) is 19.8 Å². The SMILES string of the molecule is CC(=O)N1c2ccc(C(=O)NC(CO)CO)cc2[C@H](Nc2ccc(C#N)cc2)[C@@H](C)[C@@H]1C1CC1. The third-order valence-electron chi connectivity index (χ3n) is 6.80. The molecule has 0 unspecified atom stereocenters. The number of carbonyl (C=O) groups excluding carboxylic acids is 2. The molecule has 34 heavy (non-hydrogen) atoms. The van der Waals surface area contributed by atoms with E-state index >= 15 is 0 Å². The van der Waals surface area contributed by atoms with Crippen molar-refractivity contribution in [1.29, 1.82) is 5.26 Å². The average Bonchev–Trinajstić information content (AvgIpc) is 3.68. The van der Waals surface area contributed by atoms with Gasteiger partial charge in [-0.25, -0.2) is 0 Å². The molecule has 1 fully saturated rings. The van der Waals surface area contributed by atoms with Crippen LogP contribution in [-0.2, 0) is 4.79 Å². The number of hydrogen-bond donors (Lipinski definition) is 4. The van der Waals surface area contributed by atoms with E-state index in [2.05, 4.69) is 23.6 Å². The van der Waals surface area contributed by atoms with E-state index in [0.29, 0.717) is 17.0 Å². The first-order valence-electron chi connectivity index (χ1n) is 11.6. The molecule has 0 radical (unpaired) electrons. The van der Waals surface area contributed by atoms with Crippen LogP contribution < -0.4 is 15.5 Å². The number of fused-ring (bicyclic) bond motifs is 1. The minimum Gasteiger partial charge on any atom is -0.394 e. The highest BCUT2D eigenvalue weighted by atomic mass is 16.3. The zero-order valence-electron chi connectivity index (χ0n) is 19.4. The molecule has 0 aromatic heterocycles. The van der Waals surface area contributed by atoms with Crippen molar-refractivity contribution in [3.63, 3.8) is 0 Å². The van der Waals surface area contributed by atoms with Gasteiger partial charge in [0.25, 0.3) is 5.91 Å². The van der Waals surface area contributed by atoms with Gasteiger partial charge >= 0.3 is 0 Å². The first-order chi connectivity index (χ1) is 16.4. The maximum absolute atomic E-state index is 12.8. The summed E-state index contributed by atoms with van der Waals surface area (Å²) in [6, 6.07) is 13.8. The Morgan fingerprint density at radius 1 is 1.15 bits per heavy atom. The van der Waals surface area contributed by atoms with Gasteiger partial charge in [-0.3, -0.25) is 9.59 Å². The number of aliphatic hydroxyl groups excluding tert-OH is 2. The first kappa shape index (κ1) is 23.7. The summed E-state index contributed by atoms with van der Waals surface area (Å²) >= 11 is 0. The van der Waals surface area contributed by atoms with Crippen LogP contribution in [0.15, 0.2) is 42.5 Å². The lowest BCUT2D eigenvalue weighted by Crippen LogP contribution is -2.51. The molecule has 1 saturated carbocycles. The Morgan fingerprint density at radius 2 is 1.82 bits per heavy atom. The number of rotatable bonds is 7. The summed E-state index contributed by atoms with van der Waals surface area (Å²) in [5.41, 5.74) is 3.43. The normalized spacial score (nSPS) is 21.5. The largest absolute Gasteiger partial charge is 0.394 e. The standard InChI is InChI=1S/C26H30N4O4/c1-15-24(28-20-8-3-17(12-27)4-9-20)22-11-19(26(34)29-21(13-31)14-32)7-10-23(22)30(16(2)33)25(15)18-5-6-18/h3-4,7-11,15,18,21,24-25,28,31-32H,5-6,13-14H2,1-2H3,(H,29,34)/t15-,24-,25-/m1/s1. The number of nitrogens with one attached hydrogen (secondary N) is 2. The molecule has 8 heteroatoms. The van der Waals surface area contributed by atoms with Gasteiger partial charge in [-0.05, 0) is 66.8 Å². The molecule has 4 N–H and O–H groups in total. The van der Waals surface area contributed by atoms with Crippen LogP contribution in [0.4, 0.5) is 11.4 Å². The maximum atomic E-state index is 12.8. The quantitative estimate of drug-likeness (QED) is 0.501. The van der Waals surface area contributed by atoms with Crippen molar-refractivity contribution in [2.45, 2.75) is 44.8 Å². The van der Waals surface area contributed by atoms with E-state index in [1.165, 1.54) is 0 Å². The molecule has 1 aliphatic carbocycles. The summed E-state index contributed by atoms with van der Waals surface area (Å²) < 4.78 is 0. The van der Waals surface area contributed by atoms with Gasteiger partial charge in [0, 0.05) is 35.8 Å². The molecule has 0 bridgehead atoms. The molecular formula is C26H30N4O4. The molecule has 0 saturated heterocycles. The molecule has 3 atom stereocenters. The van der Waals surface area contributed by atoms with Crippen LogP contribution in [-0.4, -0.2) is 47.3 Å². The summed E-state index contributed by atoms with van der Waals surface area (Å²) in [6.07, 6.45) is 2.17. The third kappa shape index (κ3) is 4.63. The zero-order chi connectivity index (χ0) is 24.4. The van der Waals surface area contributed by atoms with Crippen LogP contribution in [0.1, 0.15) is 54.2 Å². The van der Waals surface area contributed by atoms with Crippen molar-refractivity contribution in [3.05, 3.63) is 59.2 Å². The monoisotopic (exact) mass is 462 g/mol. The fourth-order valence-corrected chi connectivity index (χ4v) is 4.95. The number of nitrogens with zero attached hydrogens (tertiary/aromatic N) is 2. The second kappa shape index (κ2) is 9.84. The van der Waals surface area contributed by atoms with Crippen LogP contribution in [0.5, 0.6) is 0 Å². The minimum atomic E-state index is -0.747. The first-order valence-corrected chi connectivity index (χ1v) is 11.6. The summed E-state index contributed by atoms with van der Waals surface area (Å²) in [5.74, 6) is 0.0784. The zero-order valence-corrected chi connectivity index (χ0v) is 19.4. The van der Waals surface area contributed by atoms with Crippen LogP contribution >= 0.6 is 0 Å². The Morgan fingerprint density at radius 3 is 2.38 bits per heavy atom.